The van der Waals surface area contributed by atoms with Gasteiger partial charge >= 0.3 is 5.97 Å². The molecule has 0 radical (unpaired) electrons. The Balaban J connectivity index is 2.99. The van der Waals surface area contributed by atoms with Crippen LogP contribution in [0.4, 0.5) is 0 Å². The van der Waals surface area contributed by atoms with E-state index < -0.39 is 0 Å². The minimum Gasteiger partial charge on any atom is -0.434 e. The summed E-state index contributed by atoms with van der Waals surface area (Å²) < 4.78 is 5.03. The van der Waals surface area contributed by atoms with Gasteiger partial charge in [-0.25, -0.2) is 0 Å². The van der Waals surface area contributed by atoms with E-state index >= 15 is 0 Å². The Kier molecular flexibility index (Phi) is 5.16. The number of carbonyl (C=O) groups is 1. The van der Waals surface area contributed by atoms with Crippen molar-refractivity contribution in [2.24, 2.45) is 5.41 Å². The molecule has 19 heavy (non-hydrogen) atoms. The minimum absolute atomic E-state index is 0.229. The maximum atomic E-state index is 10.9. The van der Waals surface area contributed by atoms with Crippen molar-refractivity contribution in [2.45, 2.75) is 60.3 Å². The molecule has 0 heterocycles. The molecule has 0 saturated heterocycles. The molecule has 0 amide bonds. The molecule has 0 bridgehead atoms. The monoisotopic (exact) mass is 262 g/mol. The summed E-state index contributed by atoms with van der Waals surface area (Å²) in [6, 6.07) is 0. The van der Waals surface area contributed by atoms with E-state index in [9.17, 15) is 4.79 Å². The molecule has 1 aliphatic carbocycles. The number of hydrogen-bond acceptors (Lipinski definition) is 2. The smallest absolute Gasteiger partial charge is 0.307 e. The van der Waals surface area contributed by atoms with E-state index in [0.29, 0.717) is 0 Å². The number of rotatable bonds is 4. The van der Waals surface area contributed by atoms with Gasteiger partial charge in [-0.3, -0.25) is 4.79 Å². The first-order valence-electron chi connectivity index (χ1n) is 6.95. The van der Waals surface area contributed by atoms with Crippen LogP contribution < -0.4 is 0 Å². The van der Waals surface area contributed by atoms with Gasteiger partial charge in [0.2, 0.25) is 0 Å². The average Bonchev–Trinajstić information content (AvgIpc) is 2.26. The van der Waals surface area contributed by atoms with Gasteiger partial charge in [0.05, 0.1) is 6.26 Å². The molecule has 0 unspecified atom stereocenters. The van der Waals surface area contributed by atoms with Gasteiger partial charge in [0, 0.05) is 6.92 Å². The second-order valence-corrected chi connectivity index (χ2v) is 6.21. The maximum absolute atomic E-state index is 10.9. The van der Waals surface area contributed by atoms with Crippen molar-refractivity contribution in [3.63, 3.8) is 0 Å². The molecule has 0 aromatic rings. The van der Waals surface area contributed by atoms with Gasteiger partial charge < -0.3 is 4.74 Å². The summed E-state index contributed by atoms with van der Waals surface area (Å²) in [5.41, 5.74) is 5.15. The zero-order chi connectivity index (χ0) is 14.6. The van der Waals surface area contributed by atoms with E-state index in [4.69, 9.17) is 4.74 Å². The van der Waals surface area contributed by atoms with Crippen LogP contribution in [-0.2, 0) is 9.53 Å². The van der Waals surface area contributed by atoms with Crippen LogP contribution in [-0.4, -0.2) is 5.97 Å². The molecule has 0 N–H and O–H groups in total. The fourth-order valence-electron chi connectivity index (χ4n) is 2.70. The minimum atomic E-state index is -0.285. The van der Waals surface area contributed by atoms with E-state index in [2.05, 4.69) is 27.4 Å². The number of allylic oxidation sites excluding steroid dienone is 4. The highest BCUT2D eigenvalue weighted by Gasteiger charge is 2.28. The molecular weight excluding hydrogens is 236 g/mol. The molecular formula is C17H26O2. The SMILES string of the molecule is C=C(C)/C(=C\OC(C)=O)CC1=C(C)CCCC1(C)C. The summed E-state index contributed by atoms with van der Waals surface area (Å²) in [6.07, 6.45) is 6.06. The zero-order valence-electron chi connectivity index (χ0n) is 12.9. The standard InChI is InChI=1S/C17H26O2/c1-12(2)15(11-19-14(4)18)10-16-13(3)8-7-9-17(16,5)6/h11H,1,7-10H2,2-6H3/b15-11-. The summed E-state index contributed by atoms with van der Waals surface area (Å²) >= 11 is 0. The predicted octanol–water partition coefficient (Wildman–Crippen LogP) is 4.93. The molecule has 0 spiro atoms. The Hall–Kier alpha value is -1.31. The van der Waals surface area contributed by atoms with Gasteiger partial charge in [-0.15, -0.1) is 0 Å². The number of ether oxygens (including phenoxy) is 1. The lowest BCUT2D eigenvalue weighted by molar-refractivity contribution is -0.135. The molecule has 1 aliphatic rings. The third-order valence-electron chi connectivity index (χ3n) is 3.97. The molecule has 0 atom stereocenters. The van der Waals surface area contributed by atoms with Crippen molar-refractivity contribution in [1.29, 1.82) is 0 Å². The van der Waals surface area contributed by atoms with Crippen LogP contribution in [0.3, 0.4) is 0 Å². The van der Waals surface area contributed by atoms with Gasteiger partial charge in [-0.1, -0.05) is 37.1 Å². The van der Waals surface area contributed by atoms with Gasteiger partial charge in [-0.2, -0.15) is 0 Å². The predicted molar refractivity (Wildman–Crippen MR) is 79.6 cm³/mol. The first-order valence-corrected chi connectivity index (χ1v) is 6.95. The normalized spacial score (nSPS) is 19.3. The number of carbonyl (C=O) groups excluding carboxylic acids is 1. The first-order chi connectivity index (χ1) is 8.74. The average molecular weight is 262 g/mol. The van der Waals surface area contributed by atoms with Crippen LogP contribution in [0.25, 0.3) is 0 Å². The molecule has 106 valence electrons. The highest BCUT2D eigenvalue weighted by atomic mass is 16.5. The highest BCUT2D eigenvalue weighted by Crippen LogP contribution is 2.43. The lowest BCUT2D eigenvalue weighted by Crippen LogP contribution is -2.21. The van der Waals surface area contributed by atoms with Crippen LogP contribution in [0, 0.1) is 5.41 Å². The fourth-order valence-corrected chi connectivity index (χ4v) is 2.70. The molecule has 0 saturated carbocycles. The molecule has 2 nitrogen and oxygen atoms in total. The highest BCUT2D eigenvalue weighted by molar-refractivity contribution is 5.66. The third-order valence-corrected chi connectivity index (χ3v) is 3.97. The third kappa shape index (κ3) is 4.38. The molecule has 0 fully saturated rings. The van der Waals surface area contributed by atoms with Crippen molar-refractivity contribution in [1.82, 2.24) is 0 Å². The lowest BCUT2D eigenvalue weighted by atomic mass is 9.70. The van der Waals surface area contributed by atoms with Crippen LogP contribution in [0.2, 0.25) is 0 Å². The van der Waals surface area contributed by atoms with Crippen molar-refractivity contribution < 1.29 is 9.53 Å². The largest absolute Gasteiger partial charge is 0.434 e. The van der Waals surface area contributed by atoms with Gasteiger partial charge in [0.15, 0.2) is 0 Å². The molecule has 0 aromatic carbocycles. The van der Waals surface area contributed by atoms with E-state index in [1.165, 1.54) is 37.3 Å². The zero-order valence-corrected chi connectivity index (χ0v) is 12.9. The second kappa shape index (κ2) is 6.23. The van der Waals surface area contributed by atoms with Crippen LogP contribution >= 0.6 is 0 Å². The Labute approximate surface area is 117 Å². The summed E-state index contributed by atoms with van der Waals surface area (Å²) in [5.74, 6) is -0.285. The van der Waals surface area contributed by atoms with Crippen molar-refractivity contribution in [3.8, 4) is 0 Å². The summed E-state index contributed by atoms with van der Waals surface area (Å²) in [4.78, 5) is 10.9. The van der Waals surface area contributed by atoms with Crippen LogP contribution in [0.5, 0.6) is 0 Å². The topological polar surface area (TPSA) is 26.3 Å². The van der Waals surface area contributed by atoms with E-state index in [-0.39, 0.29) is 11.4 Å². The maximum Gasteiger partial charge on any atom is 0.307 e. The quantitative estimate of drug-likeness (QED) is 0.311. The van der Waals surface area contributed by atoms with Crippen LogP contribution in [0.1, 0.15) is 60.3 Å². The van der Waals surface area contributed by atoms with Gasteiger partial charge in [-0.05, 0) is 50.5 Å². The Morgan fingerprint density at radius 1 is 1.42 bits per heavy atom. The fraction of sp³-hybridized carbons (Fsp3) is 0.588. The molecule has 0 aliphatic heterocycles. The Morgan fingerprint density at radius 3 is 2.53 bits per heavy atom. The Bertz CT molecular complexity index is 436. The molecule has 0 aromatic heterocycles. The molecule has 1 rings (SSSR count). The Morgan fingerprint density at radius 2 is 2.05 bits per heavy atom. The summed E-state index contributed by atoms with van der Waals surface area (Å²) in [5, 5.41) is 0. The van der Waals surface area contributed by atoms with Crippen molar-refractivity contribution >= 4 is 5.97 Å². The van der Waals surface area contributed by atoms with E-state index in [1.54, 1.807) is 6.26 Å². The van der Waals surface area contributed by atoms with Gasteiger partial charge in [0.1, 0.15) is 0 Å². The second-order valence-electron chi connectivity index (χ2n) is 6.21. The molecule has 2 heteroatoms. The van der Waals surface area contributed by atoms with E-state index in [0.717, 1.165) is 17.6 Å². The van der Waals surface area contributed by atoms with Crippen molar-refractivity contribution in [3.05, 3.63) is 35.1 Å². The van der Waals surface area contributed by atoms with Crippen LogP contribution in [0.15, 0.2) is 35.1 Å². The van der Waals surface area contributed by atoms with Gasteiger partial charge in [0.25, 0.3) is 0 Å². The first kappa shape index (κ1) is 15.7. The summed E-state index contributed by atoms with van der Waals surface area (Å²) in [6.45, 7) is 14.2. The van der Waals surface area contributed by atoms with Crippen molar-refractivity contribution in [2.75, 3.05) is 0 Å². The van der Waals surface area contributed by atoms with E-state index in [1.807, 2.05) is 6.92 Å². The number of hydrogen-bond donors (Lipinski definition) is 0. The summed E-state index contributed by atoms with van der Waals surface area (Å²) in [7, 11) is 0. The lowest BCUT2D eigenvalue weighted by Gasteiger charge is -2.35. The number of esters is 1.